The molecular weight excluding hydrogens is 178 g/mol. The average molecular weight is 195 g/mol. The molecule has 1 aromatic carbocycles. The van der Waals surface area contributed by atoms with Gasteiger partial charge in [0.15, 0.2) is 0 Å². The Bertz CT molecular complexity index is 297. The summed E-state index contributed by atoms with van der Waals surface area (Å²) in [4.78, 5) is 0. The number of rotatable bonds is 4. The van der Waals surface area contributed by atoms with Gasteiger partial charge in [-0.15, -0.1) is 0 Å². The molecule has 0 spiro atoms. The maximum Gasteiger partial charge on any atom is 0.118 e. The number of nitrogens with two attached hydrogens (primary N) is 1. The van der Waals surface area contributed by atoms with Crippen LogP contribution in [0.25, 0.3) is 0 Å². The van der Waals surface area contributed by atoms with Crippen LogP contribution in [0.4, 0.5) is 0 Å². The molecule has 0 bridgehead atoms. The van der Waals surface area contributed by atoms with Crippen LogP contribution in [0.5, 0.6) is 5.75 Å². The average Bonchev–Trinajstić information content (AvgIpc) is 2.10. The Labute approximate surface area is 84.5 Å². The van der Waals surface area contributed by atoms with Crippen LogP contribution in [-0.4, -0.2) is 18.3 Å². The lowest BCUT2D eigenvalue weighted by Crippen LogP contribution is -2.17. The number of benzene rings is 1. The molecule has 0 heterocycles. The summed E-state index contributed by atoms with van der Waals surface area (Å²) in [5.41, 5.74) is 7.62. The van der Waals surface area contributed by atoms with Crippen LogP contribution < -0.4 is 5.73 Å². The quantitative estimate of drug-likeness (QED) is 0.764. The SMILES string of the molecule is COCc1ccc(O)c(CC(C)N)c1. The summed E-state index contributed by atoms with van der Waals surface area (Å²) in [6, 6.07) is 5.52. The highest BCUT2D eigenvalue weighted by Crippen LogP contribution is 2.20. The molecule has 3 N–H and O–H groups in total. The van der Waals surface area contributed by atoms with Crippen molar-refractivity contribution in [3.05, 3.63) is 29.3 Å². The van der Waals surface area contributed by atoms with Gasteiger partial charge in [-0.3, -0.25) is 0 Å². The zero-order chi connectivity index (χ0) is 10.6. The van der Waals surface area contributed by atoms with Crippen LogP contribution in [0.3, 0.4) is 0 Å². The molecule has 14 heavy (non-hydrogen) atoms. The largest absolute Gasteiger partial charge is 0.508 e. The third kappa shape index (κ3) is 3.01. The molecule has 0 aliphatic rings. The van der Waals surface area contributed by atoms with Gasteiger partial charge in [0, 0.05) is 13.2 Å². The first kappa shape index (κ1) is 11.0. The number of aromatic hydroxyl groups is 1. The summed E-state index contributed by atoms with van der Waals surface area (Å²) in [7, 11) is 1.65. The Morgan fingerprint density at radius 1 is 1.50 bits per heavy atom. The predicted molar refractivity (Wildman–Crippen MR) is 56.2 cm³/mol. The smallest absolute Gasteiger partial charge is 0.118 e. The molecule has 0 amide bonds. The van der Waals surface area contributed by atoms with Crippen LogP contribution in [0.1, 0.15) is 18.1 Å². The van der Waals surface area contributed by atoms with E-state index < -0.39 is 0 Å². The molecule has 0 saturated carbocycles. The number of hydrogen-bond acceptors (Lipinski definition) is 3. The van der Waals surface area contributed by atoms with Crippen LogP contribution in [0, 0.1) is 0 Å². The van der Waals surface area contributed by atoms with E-state index in [2.05, 4.69) is 0 Å². The van der Waals surface area contributed by atoms with E-state index in [-0.39, 0.29) is 6.04 Å². The second-order valence-electron chi connectivity index (χ2n) is 3.58. The lowest BCUT2D eigenvalue weighted by Gasteiger charge is -2.09. The van der Waals surface area contributed by atoms with E-state index in [1.54, 1.807) is 13.2 Å². The van der Waals surface area contributed by atoms with E-state index in [4.69, 9.17) is 10.5 Å². The van der Waals surface area contributed by atoms with Gasteiger partial charge < -0.3 is 15.6 Å². The maximum absolute atomic E-state index is 9.56. The van der Waals surface area contributed by atoms with Crippen molar-refractivity contribution in [2.24, 2.45) is 5.73 Å². The topological polar surface area (TPSA) is 55.5 Å². The molecule has 1 unspecified atom stereocenters. The molecule has 0 radical (unpaired) electrons. The number of ether oxygens (including phenoxy) is 1. The van der Waals surface area contributed by atoms with E-state index in [9.17, 15) is 5.11 Å². The molecule has 0 aliphatic heterocycles. The van der Waals surface area contributed by atoms with Crippen LogP contribution >= 0.6 is 0 Å². The van der Waals surface area contributed by atoms with Gasteiger partial charge in [0.1, 0.15) is 5.75 Å². The van der Waals surface area contributed by atoms with Crippen LogP contribution in [0.15, 0.2) is 18.2 Å². The van der Waals surface area contributed by atoms with Crippen molar-refractivity contribution >= 4 is 0 Å². The lowest BCUT2D eigenvalue weighted by atomic mass is 10.0. The molecule has 78 valence electrons. The summed E-state index contributed by atoms with van der Waals surface area (Å²) < 4.78 is 5.01. The van der Waals surface area contributed by atoms with Crippen molar-refractivity contribution in [3.8, 4) is 5.75 Å². The molecule has 0 aliphatic carbocycles. The molecule has 3 nitrogen and oxygen atoms in total. The Hall–Kier alpha value is -1.06. The van der Waals surface area contributed by atoms with Gasteiger partial charge in [0.25, 0.3) is 0 Å². The molecule has 1 atom stereocenters. The van der Waals surface area contributed by atoms with E-state index in [1.807, 2.05) is 19.1 Å². The molecule has 1 aromatic rings. The molecule has 3 heteroatoms. The molecule has 0 aromatic heterocycles. The highest BCUT2D eigenvalue weighted by molar-refractivity contribution is 5.36. The van der Waals surface area contributed by atoms with Crippen molar-refractivity contribution < 1.29 is 9.84 Å². The lowest BCUT2D eigenvalue weighted by molar-refractivity contribution is 0.185. The third-order valence-corrected chi connectivity index (χ3v) is 2.00. The standard InChI is InChI=1S/C11H17NO2/c1-8(12)5-10-6-9(7-14-2)3-4-11(10)13/h3-4,6,8,13H,5,7,12H2,1-2H3. The molecule has 0 fully saturated rings. The van der Waals surface area contributed by atoms with Crippen LogP contribution in [-0.2, 0) is 17.8 Å². The molecule has 0 saturated heterocycles. The first-order chi connectivity index (χ1) is 6.63. The third-order valence-electron chi connectivity index (χ3n) is 2.00. The minimum Gasteiger partial charge on any atom is -0.508 e. The van der Waals surface area contributed by atoms with Gasteiger partial charge in [0.2, 0.25) is 0 Å². The van der Waals surface area contributed by atoms with E-state index in [1.165, 1.54) is 0 Å². The van der Waals surface area contributed by atoms with Crippen LogP contribution in [0.2, 0.25) is 0 Å². The Morgan fingerprint density at radius 3 is 2.79 bits per heavy atom. The summed E-state index contributed by atoms with van der Waals surface area (Å²) in [6.45, 7) is 2.48. The summed E-state index contributed by atoms with van der Waals surface area (Å²) in [6.07, 6.45) is 0.684. The summed E-state index contributed by atoms with van der Waals surface area (Å²) >= 11 is 0. The molecular formula is C11H17NO2. The van der Waals surface area contributed by atoms with Crippen molar-refractivity contribution in [3.63, 3.8) is 0 Å². The van der Waals surface area contributed by atoms with Gasteiger partial charge >= 0.3 is 0 Å². The Balaban J connectivity index is 2.84. The fourth-order valence-corrected chi connectivity index (χ4v) is 1.41. The zero-order valence-corrected chi connectivity index (χ0v) is 8.66. The number of phenolic OH excluding ortho intramolecular Hbond substituents is 1. The minimum atomic E-state index is 0.0543. The fourth-order valence-electron chi connectivity index (χ4n) is 1.41. The minimum absolute atomic E-state index is 0.0543. The Kier molecular flexibility index (Phi) is 3.92. The van der Waals surface area contributed by atoms with Crippen molar-refractivity contribution in [1.82, 2.24) is 0 Å². The molecule has 1 rings (SSSR count). The van der Waals surface area contributed by atoms with Gasteiger partial charge in [-0.25, -0.2) is 0 Å². The highest BCUT2D eigenvalue weighted by Gasteiger charge is 2.05. The normalized spacial score (nSPS) is 12.8. The van der Waals surface area contributed by atoms with Gasteiger partial charge in [-0.1, -0.05) is 6.07 Å². The highest BCUT2D eigenvalue weighted by atomic mass is 16.5. The first-order valence-corrected chi connectivity index (χ1v) is 4.68. The van der Waals surface area contributed by atoms with Gasteiger partial charge in [0.05, 0.1) is 6.61 Å². The second-order valence-corrected chi connectivity index (χ2v) is 3.58. The van der Waals surface area contributed by atoms with Crippen molar-refractivity contribution in [2.75, 3.05) is 7.11 Å². The first-order valence-electron chi connectivity index (χ1n) is 4.68. The number of methoxy groups -OCH3 is 1. The Morgan fingerprint density at radius 2 is 2.21 bits per heavy atom. The van der Waals surface area contributed by atoms with Gasteiger partial charge in [-0.2, -0.15) is 0 Å². The van der Waals surface area contributed by atoms with Gasteiger partial charge in [-0.05, 0) is 36.6 Å². The predicted octanol–water partition coefficient (Wildman–Crippen LogP) is 1.43. The summed E-state index contributed by atoms with van der Waals surface area (Å²) in [5, 5.41) is 9.56. The van der Waals surface area contributed by atoms with E-state index >= 15 is 0 Å². The number of phenols is 1. The fraction of sp³-hybridized carbons (Fsp3) is 0.455. The zero-order valence-electron chi connectivity index (χ0n) is 8.66. The van der Waals surface area contributed by atoms with Crippen molar-refractivity contribution in [1.29, 1.82) is 0 Å². The van der Waals surface area contributed by atoms with E-state index in [0.29, 0.717) is 18.8 Å². The number of hydrogen-bond donors (Lipinski definition) is 2. The summed E-state index contributed by atoms with van der Waals surface area (Å²) in [5.74, 6) is 0.308. The monoisotopic (exact) mass is 195 g/mol. The maximum atomic E-state index is 9.56. The second kappa shape index (κ2) is 4.98. The van der Waals surface area contributed by atoms with Crippen molar-refractivity contribution in [2.45, 2.75) is 26.0 Å². The van der Waals surface area contributed by atoms with E-state index in [0.717, 1.165) is 11.1 Å².